The number of halogens is 2. The lowest BCUT2D eigenvalue weighted by Gasteiger charge is -2.36. The lowest BCUT2D eigenvalue weighted by atomic mass is 10.1. The molecule has 0 unspecified atom stereocenters. The smallest absolute Gasteiger partial charge is 0.387 e. The number of nitrogens with zero attached hydrogens (tertiary/aromatic N) is 1. The van der Waals surface area contributed by atoms with Gasteiger partial charge in [-0.2, -0.15) is 8.78 Å². The van der Waals surface area contributed by atoms with Crippen molar-refractivity contribution < 1.29 is 23.0 Å². The predicted octanol–water partition coefficient (Wildman–Crippen LogP) is 3.89. The number of benzene rings is 2. The van der Waals surface area contributed by atoms with Crippen molar-refractivity contribution in [3.05, 3.63) is 60.2 Å². The van der Waals surface area contributed by atoms with E-state index in [1.165, 1.54) is 12.1 Å². The second-order valence-corrected chi connectivity index (χ2v) is 5.50. The number of morpholine rings is 1. The number of rotatable bonds is 4. The number of para-hydroxylation sites is 2. The monoisotopic (exact) mass is 348 g/mol. The van der Waals surface area contributed by atoms with Crippen molar-refractivity contribution in [1.82, 2.24) is 4.90 Å². The molecule has 1 fully saturated rings. The summed E-state index contributed by atoms with van der Waals surface area (Å²) in [5.74, 6) is -0.0737. The molecule has 1 aliphatic rings. The summed E-state index contributed by atoms with van der Waals surface area (Å²) < 4.78 is 35.0. The maximum atomic E-state index is 12.7. The van der Waals surface area contributed by atoms with Crippen molar-refractivity contribution >= 4 is 11.7 Å². The van der Waals surface area contributed by atoms with Crippen molar-refractivity contribution in [2.75, 3.05) is 25.1 Å². The van der Waals surface area contributed by atoms with Gasteiger partial charge in [0.1, 0.15) is 5.75 Å². The molecule has 1 aliphatic heterocycles. The molecular weight excluding hydrogens is 330 g/mol. The van der Waals surface area contributed by atoms with Crippen LogP contribution in [0.4, 0.5) is 19.3 Å². The second-order valence-electron chi connectivity index (χ2n) is 5.50. The lowest BCUT2D eigenvalue weighted by molar-refractivity contribution is -0.0493. The minimum Gasteiger partial charge on any atom is -0.433 e. The van der Waals surface area contributed by atoms with Gasteiger partial charge in [-0.15, -0.1) is 0 Å². The van der Waals surface area contributed by atoms with Crippen LogP contribution in [0, 0.1) is 0 Å². The fraction of sp³-hybridized carbons (Fsp3) is 0.278. The molecule has 3 rings (SSSR count). The summed E-state index contributed by atoms with van der Waals surface area (Å²) in [7, 11) is 0. The Labute approximate surface area is 144 Å². The minimum atomic E-state index is -2.96. The van der Waals surface area contributed by atoms with E-state index >= 15 is 0 Å². The molecule has 0 spiro atoms. The number of alkyl halides is 2. The number of carbonyl (C=O) groups excluding carboxylic acids is 1. The van der Waals surface area contributed by atoms with E-state index in [1.807, 2.05) is 30.3 Å². The molecule has 2 aromatic rings. The molecule has 1 heterocycles. The third-order valence-corrected chi connectivity index (χ3v) is 3.92. The molecule has 2 aromatic carbocycles. The largest absolute Gasteiger partial charge is 0.433 e. The minimum absolute atomic E-state index is 0.0737. The SMILES string of the molecule is O=C(Nc1ccccc1OC(F)F)N1CCOC[C@@H]1c1ccccc1. The van der Waals surface area contributed by atoms with Gasteiger partial charge >= 0.3 is 12.6 Å². The highest BCUT2D eigenvalue weighted by Crippen LogP contribution is 2.28. The molecule has 1 N–H and O–H groups in total. The molecule has 1 atom stereocenters. The molecular formula is C18H18F2N2O3. The standard InChI is InChI=1S/C18H18F2N2O3/c19-17(20)25-16-9-5-4-8-14(16)21-18(23)22-10-11-24-12-15(22)13-6-2-1-3-7-13/h1-9,15,17H,10-12H2,(H,21,23)/t15-/m1/s1. The highest BCUT2D eigenvalue weighted by Gasteiger charge is 2.29. The van der Waals surface area contributed by atoms with E-state index in [1.54, 1.807) is 17.0 Å². The zero-order valence-electron chi connectivity index (χ0n) is 13.4. The van der Waals surface area contributed by atoms with E-state index in [4.69, 9.17) is 4.74 Å². The van der Waals surface area contributed by atoms with Crippen LogP contribution in [0.2, 0.25) is 0 Å². The first kappa shape index (κ1) is 17.2. The van der Waals surface area contributed by atoms with Crippen LogP contribution in [0.3, 0.4) is 0 Å². The van der Waals surface area contributed by atoms with Gasteiger partial charge in [0.15, 0.2) is 0 Å². The number of hydrogen-bond acceptors (Lipinski definition) is 3. The molecule has 25 heavy (non-hydrogen) atoms. The summed E-state index contributed by atoms with van der Waals surface area (Å²) in [6.07, 6.45) is 0. The van der Waals surface area contributed by atoms with Gasteiger partial charge in [0.25, 0.3) is 0 Å². The van der Waals surface area contributed by atoms with Crippen molar-refractivity contribution in [3.8, 4) is 5.75 Å². The van der Waals surface area contributed by atoms with Gasteiger partial charge in [0.2, 0.25) is 0 Å². The molecule has 0 aliphatic carbocycles. The Bertz CT molecular complexity index is 712. The molecule has 0 bridgehead atoms. The van der Waals surface area contributed by atoms with Crippen molar-refractivity contribution in [2.24, 2.45) is 0 Å². The van der Waals surface area contributed by atoms with Gasteiger partial charge in [0, 0.05) is 6.54 Å². The van der Waals surface area contributed by atoms with E-state index in [0.717, 1.165) is 5.56 Å². The maximum absolute atomic E-state index is 12.7. The van der Waals surface area contributed by atoms with E-state index in [-0.39, 0.29) is 23.5 Å². The van der Waals surface area contributed by atoms with E-state index in [9.17, 15) is 13.6 Å². The fourth-order valence-corrected chi connectivity index (χ4v) is 2.75. The highest BCUT2D eigenvalue weighted by atomic mass is 19.3. The molecule has 7 heteroatoms. The lowest BCUT2D eigenvalue weighted by Crippen LogP contribution is -2.45. The third-order valence-electron chi connectivity index (χ3n) is 3.92. The molecule has 1 saturated heterocycles. The maximum Gasteiger partial charge on any atom is 0.387 e. The van der Waals surface area contributed by atoms with E-state index in [2.05, 4.69) is 10.1 Å². The van der Waals surface area contributed by atoms with E-state index in [0.29, 0.717) is 19.8 Å². The van der Waals surface area contributed by atoms with Crippen LogP contribution in [0.15, 0.2) is 54.6 Å². The molecule has 5 nitrogen and oxygen atoms in total. The summed E-state index contributed by atoms with van der Waals surface area (Å²) in [5.41, 5.74) is 1.15. The Morgan fingerprint density at radius 1 is 1.16 bits per heavy atom. The number of hydrogen-bond donors (Lipinski definition) is 1. The molecule has 0 aromatic heterocycles. The van der Waals surface area contributed by atoms with Crippen LogP contribution in [-0.4, -0.2) is 37.3 Å². The van der Waals surface area contributed by atoms with Crippen molar-refractivity contribution in [1.29, 1.82) is 0 Å². The Balaban J connectivity index is 1.78. The van der Waals surface area contributed by atoms with Crippen LogP contribution in [-0.2, 0) is 4.74 Å². The van der Waals surface area contributed by atoms with Gasteiger partial charge in [-0.25, -0.2) is 4.79 Å². The summed E-state index contributed by atoms with van der Waals surface area (Å²) in [5, 5.41) is 2.66. The summed E-state index contributed by atoms with van der Waals surface area (Å²) in [4.78, 5) is 14.3. The fourth-order valence-electron chi connectivity index (χ4n) is 2.75. The predicted molar refractivity (Wildman–Crippen MR) is 88.8 cm³/mol. The number of nitrogens with one attached hydrogen (secondary N) is 1. The summed E-state index contributed by atoms with van der Waals surface area (Å²) >= 11 is 0. The number of urea groups is 1. The zero-order chi connectivity index (χ0) is 17.6. The Hall–Kier alpha value is -2.67. The third kappa shape index (κ3) is 4.24. The number of carbonyl (C=O) groups is 1. The quantitative estimate of drug-likeness (QED) is 0.912. The van der Waals surface area contributed by atoms with Crippen LogP contribution >= 0.6 is 0 Å². The van der Waals surface area contributed by atoms with Crippen molar-refractivity contribution in [3.63, 3.8) is 0 Å². The highest BCUT2D eigenvalue weighted by molar-refractivity contribution is 5.91. The Morgan fingerprint density at radius 3 is 2.64 bits per heavy atom. The zero-order valence-corrected chi connectivity index (χ0v) is 13.4. The molecule has 2 amide bonds. The normalized spacial score (nSPS) is 17.4. The van der Waals surface area contributed by atoms with Crippen molar-refractivity contribution in [2.45, 2.75) is 12.7 Å². The first-order valence-corrected chi connectivity index (χ1v) is 7.89. The van der Waals surface area contributed by atoms with Gasteiger partial charge in [-0.3, -0.25) is 0 Å². The second kappa shape index (κ2) is 7.94. The summed E-state index contributed by atoms with van der Waals surface area (Å²) in [6.45, 7) is -1.75. The van der Waals surface area contributed by atoms with Crippen LogP contribution < -0.4 is 10.1 Å². The average molecular weight is 348 g/mol. The average Bonchev–Trinajstić information content (AvgIpc) is 2.63. The molecule has 0 saturated carbocycles. The van der Waals surface area contributed by atoms with Crippen LogP contribution in [0.25, 0.3) is 0 Å². The topological polar surface area (TPSA) is 50.8 Å². The van der Waals surface area contributed by atoms with Gasteiger partial charge in [-0.05, 0) is 17.7 Å². The number of ether oxygens (including phenoxy) is 2. The van der Waals surface area contributed by atoms with Gasteiger partial charge in [0.05, 0.1) is 24.9 Å². The van der Waals surface area contributed by atoms with Gasteiger partial charge in [-0.1, -0.05) is 42.5 Å². The number of amides is 2. The first-order valence-electron chi connectivity index (χ1n) is 7.89. The summed E-state index contributed by atoms with van der Waals surface area (Å²) in [6, 6.07) is 15.0. The van der Waals surface area contributed by atoms with Crippen LogP contribution in [0.1, 0.15) is 11.6 Å². The molecule has 132 valence electrons. The number of anilines is 1. The van der Waals surface area contributed by atoms with E-state index < -0.39 is 6.61 Å². The first-order chi connectivity index (χ1) is 12.1. The Morgan fingerprint density at radius 2 is 1.88 bits per heavy atom. The molecule has 0 radical (unpaired) electrons. The van der Waals surface area contributed by atoms with Gasteiger partial charge < -0.3 is 19.7 Å². The van der Waals surface area contributed by atoms with Crippen LogP contribution in [0.5, 0.6) is 5.75 Å². The Kier molecular flexibility index (Phi) is 5.45.